The van der Waals surface area contributed by atoms with Crippen molar-refractivity contribution in [1.82, 2.24) is 0 Å². The molecule has 1 atom stereocenters. The number of hydrogen-bond acceptors (Lipinski definition) is 2. The fourth-order valence-corrected chi connectivity index (χ4v) is 3.98. The van der Waals surface area contributed by atoms with E-state index in [1.807, 2.05) is 6.92 Å². The van der Waals surface area contributed by atoms with Crippen molar-refractivity contribution in [3.8, 4) is 11.5 Å². The lowest BCUT2D eigenvalue weighted by molar-refractivity contribution is 0.165. The first-order valence-corrected chi connectivity index (χ1v) is 9.38. The second-order valence-corrected chi connectivity index (χ2v) is 7.44. The van der Waals surface area contributed by atoms with Crippen LogP contribution in [-0.2, 0) is 6.42 Å². The van der Waals surface area contributed by atoms with Gasteiger partial charge in [0.15, 0.2) is 11.5 Å². The maximum Gasteiger partial charge on any atom is 0.204 e. The van der Waals surface area contributed by atoms with Crippen LogP contribution in [0.2, 0.25) is 0 Å². The van der Waals surface area contributed by atoms with Crippen molar-refractivity contribution in [3.05, 3.63) is 23.3 Å². The van der Waals surface area contributed by atoms with Crippen LogP contribution in [0.15, 0.2) is 6.07 Å². The minimum atomic E-state index is -0.914. The standard InChI is InChI=1S/C20H28F2O2/c1-3-4-14-6-8-15(9-7-14)12-23-17-11-16-10-5-13(2)24-20(16)19(22)18(17)21/h11,13-15H,3-10,12H2,1-2H3. The summed E-state index contributed by atoms with van der Waals surface area (Å²) in [7, 11) is 0. The zero-order valence-electron chi connectivity index (χ0n) is 14.7. The molecule has 2 nitrogen and oxygen atoms in total. The number of benzene rings is 1. The van der Waals surface area contributed by atoms with Crippen LogP contribution in [0, 0.1) is 23.5 Å². The molecule has 1 unspecified atom stereocenters. The Labute approximate surface area is 143 Å². The van der Waals surface area contributed by atoms with Crippen LogP contribution >= 0.6 is 0 Å². The van der Waals surface area contributed by atoms with E-state index in [-0.39, 0.29) is 17.6 Å². The lowest BCUT2D eigenvalue weighted by Crippen LogP contribution is -2.22. The third-order valence-corrected chi connectivity index (χ3v) is 5.48. The van der Waals surface area contributed by atoms with Gasteiger partial charge in [-0.2, -0.15) is 8.78 Å². The maximum absolute atomic E-state index is 14.3. The van der Waals surface area contributed by atoms with Gasteiger partial charge < -0.3 is 9.47 Å². The maximum atomic E-state index is 14.3. The molecule has 1 aromatic rings. The Morgan fingerprint density at radius 2 is 1.79 bits per heavy atom. The normalized spacial score (nSPS) is 26.6. The molecule has 3 rings (SSSR count). The van der Waals surface area contributed by atoms with Crippen LogP contribution in [0.25, 0.3) is 0 Å². The third-order valence-electron chi connectivity index (χ3n) is 5.48. The molecule has 0 bridgehead atoms. The van der Waals surface area contributed by atoms with Crippen LogP contribution in [-0.4, -0.2) is 12.7 Å². The molecule has 0 amide bonds. The van der Waals surface area contributed by atoms with Crippen molar-refractivity contribution < 1.29 is 18.3 Å². The molecule has 1 saturated carbocycles. The van der Waals surface area contributed by atoms with Crippen LogP contribution in [0.1, 0.15) is 64.4 Å². The molecule has 0 N–H and O–H groups in total. The van der Waals surface area contributed by atoms with Gasteiger partial charge in [-0.05, 0) is 50.5 Å². The topological polar surface area (TPSA) is 18.5 Å². The molecule has 134 valence electrons. The highest BCUT2D eigenvalue weighted by molar-refractivity contribution is 5.44. The highest BCUT2D eigenvalue weighted by Crippen LogP contribution is 2.37. The summed E-state index contributed by atoms with van der Waals surface area (Å²) in [5.41, 5.74) is 0.716. The van der Waals surface area contributed by atoms with E-state index in [4.69, 9.17) is 9.47 Å². The van der Waals surface area contributed by atoms with Crippen LogP contribution in [0.3, 0.4) is 0 Å². The third kappa shape index (κ3) is 3.84. The summed E-state index contributed by atoms with van der Waals surface area (Å²) < 4.78 is 39.6. The van der Waals surface area contributed by atoms with E-state index in [1.165, 1.54) is 25.7 Å². The van der Waals surface area contributed by atoms with Crippen molar-refractivity contribution in [2.24, 2.45) is 11.8 Å². The van der Waals surface area contributed by atoms with E-state index < -0.39 is 11.6 Å². The van der Waals surface area contributed by atoms with Gasteiger partial charge in [-0.1, -0.05) is 32.6 Å². The first kappa shape index (κ1) is 17.5. The Hall–Kier alpha value is -1.32. The van der Waals surface area contributed by atoms with Crippen molar-refractivity contribution in [1.29, 1.82) is 0 Å². The smallest absolute Gasteiger partial charge is 0.204 e. The minimum absolute atomic E-state index is 0.0417. The van der Waals surface area contributed by atoms with Gasteiger partial charge in [-0.3, -0.25) is 0 Å². The van der Waals surface area contributed by atoms with Gasteiger partial charge in [0, 0.05) is 5.56 Å². The first-order chi connectivity index (χ1) is 11.6. The number of fused-ring (bicyclic) bond motifs is 1. The molecule has 24 heavy (non-hydrogen) atoms. The number of ether oxygens (including phenoxy) is 2. The molecule has 0 spiro atoms. The van der Waals surface area contributed by atoms with E-state index in [9.17, 15) is 8.78 Å². The van der Waals surface area contributed by atoms with E-state index in [0.29, 0.717) is 24.5 Å². The molecule has 4 heteroatoms. The van der Waals surface area contributed by atoms with E-state index >= 15 is 0 Å². The lowest BCUT2D eigenvalue weighted by Gasteiger charge is -2.28. The molecular formula is C20H28F2O2. The van der Waals surface area contributed by atoms with E-state index in [1.54, 1.807) is 6.07 Å². The minimum Gasteiger partial charge on any atom is -0.490 e. The van der Waals surface area contributed by atoms with Gasteiger partial charge in [0.2, 0.25) is 11.6 Å². The SMILES string of the molecule is CCCC1CCC(COc2cc3c(c(F)c2F)OC(C)CC3)CC1. The van der Waals surface area contributed by atoms with E-state index in [2.05, 4.69) is 6.92 Å². The Morgan fingerprint density at radius 3 is 2.50 bits per heavy atom. The first-order valence-electron chi connectivity index (χ1n) is 9.38. The zero-order valence-corrected chi connectivity index (χ0v) is 14.7. The second-order valence-electron chi connectivity index (χ2n) is 7.44. The summed E-state index contributed by atoms with van der Waals surface area (Å²) in [6.45, 7) is 4.58. The molecule has 1 aromatic carbocycles. The summed E-state index contributed by atoms with van der Waals surface area (Å²) in [4.78, 5) is 0. The van der Waals surface area contributed by atoms with Crippen molar-refractivity contribution in [3.63, 3.8) is 0 Å². The lowest BCUT2D eigenvalue weighted by atomic mass is 9.80. The Bertz CT molecular complexity index is 565. The average Bonchev–Trinajstić information content (AvgIpc) is 2.59. The van der Waals surface area contributed by atoms with Gasteiger partial charge in [-0.15, -0.1) is 0 Å². The van der Waals surface area contributed by atoms with Gasteiger partial charge in [0.25, 0.3) is 0 Å². The van der Waals surface area contributed by atoms with Gasteiger partial charge in [-0.25, -0.2) is 0 Å². The molecule has 1 heterocycles. The summed E-state index contributed by atoms with van der Waals surface area (Å²) in [6, 6.07) is 1.63. The Balaban J connectivity index is 1.61. The molecule has 2 aliphatic rings. The highest BCUT2D eigenvalue weighted by atomic mass is 19.2. The van der Waals surface area contributed by atoms with Crippen LogP contribution < -0.4 is 9.47 Å². The predicted molar refractivity (Wildman–Crippen MR) is 90.6 cm³/mol. The number of rotatable bonds is 5. The molecule has 0 saturated heterocycles. The average molecular weight is 338 g/mol. The molecule has 0 aromatic heterocycles. The molecular weight excluding hydrogens is 310 g/mol. The number of aryl methyl sites for hydroxylation is 1. The molecule has 1 aliphatic carbocycles. The molecule has 1 fully saturated rings. The zero-order chi connectivity index (χ0) is 17.1. The summed E-state index contributed by atoms with van der Waals surface area (Å²) in [5.74, 6) is -0.418. The Kier molecular flexibility index (Phi) is 5.62. The van der Waals surface area contributed by atoms with Crippen molar-refractivity contribution in [2.75, 3.05) is 6.61 Å². The molecule has 0 radical (unpaired) electrons. The monoisotopic (exact) mass is 338 g/mol. The Morgan fingerprint density at radius 1 is 1.08 bits per heavy atom. The molecule has 1 aliphatic heterocycles. The fraction of sp³-hybridized carbons (Fsp3) is 0.700. The summed E-state index contributed by atoms with van der Waals surface area (Å²) in [6.07, 6.45) is 8.70. The largest absolute Gasteiger partial charge is 0.490 e. The van der Waals surface area contributed by atoms with Gasteiger partial charge in [0.1, 0.15) is 0 Å². The van der Waals surface area contributed by atoms with Gasteiger partial charge in [0.05, 0.1) is 12.7 Å². The van der Waals surface area contributed by atoms with Crippen molar-refractivity contribution >= 4 is 0 Å². The number of hydrogen-bond donors (Lipinski definition) is 0. The highest BCUT2D eigenvalue weighted by Gasteiger charge is 2.27. The van der Waals surface area contributed by atoms with Crippen LogP contribution in [0.5, 0.6) is 11.5 Å². The quantitative estimate of drug-likeness (QED) is 0.689. The van der Waals surface area contributed by atoms with E-state index in [0.717, 1.165) is 25.2 Å². The summed E-state index contributed by atoms with van der Waals surface area (Å²) >= 11 is 0. The van der Waals surface area contributed by atoms with Gasteiger partial charge >= 0.3 is 0 Å². The van der Waals surface area contributed by atoms with Crippen LogP contribution in [0.4, 0.5) is 8.78 Å². The second kappa shape index (κ2) is 7.71. The summed E-state index contributed by atoms with van der Waals surface area (Å²) in [5, 5.41) is 0. The fourth-order valence-electron chi connectivity index (χ4n) is 3.98. The van der Waals surface area contributed by atoms with Crippen molar-refractivity contribution in [2.45, 2.75) is 71.3 Å². The predicted octanol–water partition coefficient (Wildman–Crippen LogP) is 5.66. The number of halogens is 2.